The van der Waals surface area contributed by atoms with Crippen molar-refractivity contribution in [2.24, 2.45) is 11.0 Å². The molecule has 0 saturated carbocycles. The minimum Gasteiger partial charge on any atom is -0.338 e. The van der Waals surface area contributed by atoms with E-state index in [4.69, 9.17) is 5.53 Å². The number of hydrogen-bond donors (Lipinski definition) is 0. The summed E-state index contributed by atoms with van der Waals surface area (Å²) in [6.45, 7) is 3.78. The van der Waals surface area contributed by atoms with E-state index in [9.17, 15) is 4.79 Å². The van der Waals surface area contributed by atoms with Crippen molar-refractivity contribution in [2.75, 3.05) is 13.1 Å². The van der Waals surface area contributed by atoms with Crippen LogP contribution in [0.3, 0.4) is 0 Å². The molecule has 1 aromatic rings. The van der Waals surface area contributed by atoms with Crippen LogP contribution in [0.25, 0.3) is 10.4 Å². The minimum absolute atomic E-state index is 0.147. The molecule has 1 aliphatic rings. The van der Waals surface area contributed by atoms with Crippen LogP contribution in [0.5, 0.6) is 0 Å². The summed E-state index contributed by atoms with van der Waals surface area (Å²) in [5.74, 6) is 0.313. The van der Waals surface area contributed by atoms with E-state index in [2.05, 4.69) is 10.0 Å². The fourth-order valence-corrected chi connectivity index (χ4v) is 2.19. The third-order valence-electron chi connectivity index (χ3n) is 3.19. The van der Waals surface area contributed by atoms with Crippen LogP contribution < -0.4 is 0 Å². The van der Waals surface area contributed by atoms with Gasteiger partial charge in [0.05, 0.1) is 0 Å². The molecule has 1 unspecified atom stereocenters. The second-order valence-corrected chi connectivity index (χ2v) is 4.74. The maximum Gasteiger partial charge on any atom is 0.223 e. The van der Waals surface area contributed by atoms with Gasteiger partial charge in [0.1, 0.15) is 0 Å². The number of amides is 1. The molecule has 1 saturated heterocycles. The smallest absolute Gasteiger partial charge is 0.223 e. The highest BCUT2D eigenvalue weighted by atomic mass is 16.2. The van der Waals surface area contributed by atoms with Gasteiger partial charge in [0.25, 0.3) is 0 Å². The van der Waals surface area contributed by atoms with Crippen LogP contribution >= 0.6 is 0 Å². The number of aryl methyl sites for hydroxylation is 1. The number of azide groups is 1. The second kappa shape index (κ2) is 5.56. The van der Waals surface area contributed by atoms with E-state index in [1.165, 1.54) is 5.56 Å². The Morgan fingerprint density at radius 2 is 2.17 bits per heavy atom. The lowest BCUT2D eigenvalue weighted by Crippen LogP contribution is -2.24. The van der Waals surface area contributed by atoms with E-state index in [1.807, 2.05) is 36.1 Å². The van der Waals surface area contributed by atoms with Crippen molar-refractivity contribution >= 4 is 5.91 Å². The lowest BCUT2D eigenvalue weighted by atomic mass is 10.1. The zero-order chi connectivity index (χ0) is 13.0. The normalized spacial score (nSPS) is 18.8. The number of nitrogens with zero attached hydrogens (tertiary/aromatic N) is 4. The predicted molar refractivity (Wildman–Crippen MR) is 68.7 cm³/mol. The van der Waals surface area contributed by atoms with Gasteiger partial charge in [-0.25, -0.2) is 0 Å². The molecule has 1 aliphatic heterocycles. The van der Waals surface area contributed by atoms with Crippen LogP contribution in [0.4, 0.5) is 0 Å². The first-order valence-electron chi connectivity index (χ1n) is 6.03. The Morgan fingerprint density at radius 1 is 1.44 bits per heavy atom. The molecule has 2 rings (SSSR count). The highest BCUT2D eigenvalue weighted by Gasteiger charge is 2.28. The third kappa shape index (κ3) is 3.02. The molecule has 18 heavy (non-hydrogen) atoms. The average molecular weight is 244 g/mol. The molecule has 0 aromatic heterocycles. The third-order valence-corrected chi connectivity index (χ3v) is 3.19. The lowest BCUT2D eigenvalue weighted by Gasteiger charge is -2.16. The van der Waals surface area contributed by atoms with Gasteiger partial charge >= 0.3 is 0 Å². The van der Waals surface area contributed by atoms with Crippen LogP contribution in [0, 0.1) is 12.8 Å². The van der Waals surface area contributed by atoms with Crippen molar-refractivity contribution in [3.05, 3.63) is 45.8 Å². The zero-order valence-electron chi connectivity index (χ0n) is 10.4. The van der Waals surface area contributed by atoms with Crippen LogP contribution in [-0.4, -0.2) is 23.9 Å². The predicted octanol–water partition coefficient (Wildman–Crippen LogP) is 2.65. The molecule has 0 bridgehead atoms. The topological polar surface area (TPSA) is 69.1 Å². The summed E-state index contributed by atoms with van der Waals surface area (Å²) in [6.07, 6.45) is 0.491. The first-order valence-corrected chi connectivity index (χ1v) is 6.03. The summed E-state index contributed by atoms with van der Waals surface area (Å²) in [5, 5.41) is 3.54. The summed E-state index contributed by atoms with van der Waals surface area (Å²) in [6, 6.07) is 8.19. The molecule has 1 fully saturated rings. The average Bonchev–Trinajstić information content (AvgIpc) is 2.70. The van der Waals surface area contributed by atoms with Crippen LogP contribution in [-0.2, 0) is 11.3 Å². The fraction of sp³-hybridized carbons (Fsp3) is 0.462. The maximum absolute atomic E-state index is 11.8. The molecule has 0 radical (unpaired) electrons. The van der Waals surface area contributed by atoms with Gasteiger partial charge in [0, 0.05) is 31.0 Å². The largest absolute Gasteiger partial charge is 0.338 e. The van der Waals surface area contributed by atoms with Gasteiger partial charge < -0.3 is 4.90 Å². The van der Waals surface area contributed by atoms with E-state index < -0.39 is 0 Å². The Kier molecular flexibility index (Phi) is 3.85. The van der Waals surface area contributed by atoms with Crippen molar-refractivity contribution in [3.63, 3.8) is 0 Å². The molecule has 1 heterocycles. The van der Waals surface area contributed by atoms with E-state index >= 15 is 0 Å². The fourth-order valence-electron chi connectivity index (χ4n) is 2.19. The first kappa shape index (κ1) is 12.5. The number of rotatable bonds is 4. The Hall–Kier alpha value is -2.00. The number of carbonyl (C=O) groups is 1. The summed E-state index contributed by atoms with van der Waals surface area (Å²) < 4.78 is 0. The van der Waals surface area contributed by atoms with Crippen LogP contribution in [0.15, 0.2) is 29.4 Å². The van der Waals surface area contributed by atoms with Crippen molar-refractivity contribution < 1.29 is 4.79 Å². The highest BCUT2D eigenvalue weighted by molar-refractivity contribution is 5.78. The number of carbonyl (C=O) groups excluding carboxylic acids is 1. The molecule has 1 amide bonds. The molecule has 0 N–H and O–H groups in total. The Labute approximate surface area is 106 Å². The Morgan fingerprint density at radius 3 is 2.83 bits per heavy atom. The van der Waals surface area contributed by atoms with Gasteiger partial charge in [0.2, 0.25) is 5.91 Å². The molecule has 1 atom stereocenters. The standard InChI is InChI=1S/C13H16N4O/c1-10-2-4-11(5-3-10)8-17-9-12(6-13(17)18)7-15-16-14/h2-5,12H,6-9H2,1H3. The monoisotopic (exact) mass is 244 g/mol. The van der Waals surface area contributed by atoms with Crippen molar-refractivity contribution in [1.82, 2.24) is 4.90 Å². The van der Waals surface area contributed by atoms with Crippen molar-refractivity contribution in [1.29, 1.82) is 0 Å². The first-order chi connectivity index (χ1) is 8.69. The zero-order valence-corrected chi connectivity index (χ0v) is 10.4. The quantitative estimate of drug-likeness (QED) is 0.456. The van der Waals surface area contributed by atoms with E-state index in [0.717, 1.165) is 5.56 Å². The van der Waals surface area contributed by atoms with Gasteiger partial charge in [-0.3, -0.25) is 4.79 Å². The van der Waals surface area contributed by atoms with E-state index in [-0.39, 0.29) is 11.8 Å². The molecule has 0 aliphatic carbocycles. The number of hydrogen-bond acceptors (Lipinski definition) is 2. The maximum atomic E-state index is 11.8. The van der Waals surface area contributed by atoms with Gasteiger partial charge in [-0.05, 0) is 23.9 Å². The number of likely N-dealkylation sites (tertiary alicyclic amines) is 1. The van der Waals surface area contributed by atoms with Gasteiger partial charge in [0.15, 0.2) is 0 Å². The summed E-state index contributed by atoms with van der Waals surface area (Å²) in [5.41, 5.74) is 10.6. The molecule has 0 spiro atoms. The van der Waals surface area contributed by atoms with E-state index in [1.54, 1.807) is 0 Å². The molecule has 5 heteroatoms. The lowest BCUT2D eigenvalue weighted by molar-refractivity contribution is -0.128. The van der Waals surface area contributed by atoms with Crippen molar-refractivity contribution in [3.8, 4) is 0 Å². The second-order valence-electron chi connectivity index (χ2n) is 4.74. The highest BCUT2D eigenvalue weighted by Crippen LogP contribution is 2.20. The summed E-state index contributed by atoms with van der Waals surface area (Å²) in [4.78, 5) is 16.4. The Balaban J connectivity index is 1.95. The van der Waals surface area contributed by atoms with Crippen LogP contribution in [0.2, 0.25) is 0 Å². The van der Waals surface area contributed by atoms with Crippen molar-refractivity contribution in [2.45, 2.75) is 19.9 Å². The molecule has 5 nitrogen and oxygen atoms in total. The van der Waals surface area contributed by atoms with E-state index in [0.29, 0.717) is 26.1 Å². The van der Waals surface area contributed by atoms with Gasteiger partial charge in [-0.15, -0.1) is 0 Å². The van der Waals surface area contributed by atoms with Crippen LogP contribution in [0.1, 0.15) is 17.5 Å². The molecule has 1 aromatic carbocycles. The molecular formula is C13H16N4O. The van der Waals surface area contributed by atoms with Gasteiger partial charge in [-0.1, -0.05) is 34.9 Å². The molecular weight excluding hydrogens is 228 g/mol. The summed E-state index contributed by atoms with van der Waals surface area (Å²) >= 11 is 0. The Bertz CT molecular complexity index is 476. The minimum atomic E-state index is 0.147. The number of benzene rings is 1. The summed E-state index contributed by atoms with van der Waals surface area (Å²) in [7, 11) is 0. The SMILES string of the molecule is Cc1ccc(CN2CC(CN=[N+]=[N-])CC2=O)cc1. The van der Waals surface area contributed by atoms with Gasteiger partial charge in [-0.2, -0.15) is 0 Å². The molecule has 94 valence electrons.